The van der Waals surface area contributed by atoms with Crippen LogP contribution in [0.5, 0.6) is 0 Å². The summed E-state index contributed by atoms with van der Waals surface area (Å²) in [7, 11) is 0. The number of fused-ring (bicyclic) bond motifs is 12. The van der Waals surface area contributed by atoms with E-state index in [9.17, 15) is 0 Å². The van der Waals surface area contributed by atoms with Gasteiger partial charge in [-0.2, -0.15) is 4.98 Å². The van der Waals surface area contributed by atoms with Crippen LogP contribution in [0.4, 0.5) is 0 Å². The standard InChI is InChI=1S/C64H40N6/c1-2-20-41(21-3-1)67-53-32-11-10-28-48(53)50-30-18-31-51(63(50)67)49-29-19-39-60(68-54-33-12-4-22-42(54)43-23-5-13-34-55(43)68)62(49)52-40-61(69-56-35-14-6-24-44(56)45-25-7-15-36-57(45)69)66-64(65-52)70-58-37-16-8-26-46(58)47-27-9-17-38-59(47)70/h1-40H. The zero-order valence-corrected chi connectivity index (χ0v) is 37.8. The lowest BCUT2D eigenvalue weighted by molar-refractivity contribution is 0.951. The average Bonchev–Trinajstić information content (AvgIpc) is 4.16. The number of hydrogen-bond acceptors (Lipinski definition) is 2. The van der Waals surface area contributed by atoms with Crippen LogP contribution in [0.1, 0.15) is 0 Å². The Morgan fingerprint density at radius 3 is 1.17 bits per heavy atom. The van der Waals surface area contributed by atoms with Crippen molar-refractivity contribution in [2.24, 2.45) is 0 Å². The molecular formula is C64H40N6. The van der Waals surface area contributed by atoms with Crippen LogP contribution in [0.2, 0.25) is 0 Å². The molecule has 0 amide bonds. The molecule has 5 heterocycles. The molecule has 0 unspecified atom stereocenters. The first-order valence-electron chi connectivity index (χ1n) is 23.8. The Labute approximate surface area is 401 Å². The Kier molecular flexibility index (Phi) is 8.26. The molecule has 326 valence electrons. The van der Waals surface area contributed by atoms with E-state index in [1.165, 1.54) is 32.3 Å². The van der Waals surface area contributed by atoms with Gasteiger partial charge in [0.15, 0.2) is 0 Å². The van der Waals surface area contributed by atoms with Gasteiger partial charge in [0.1, 0.15) is 5.82 Å². The van der Waals surface area contributed by atoms with E-state index in [1.54, 1.807) is 0 Å². The maximum atomic E-state index is 5.86. The highest BCUT2D eigenvalue weighted by Gasteiger charge is 2.26. The minimum absolute atomic E-state index is 0.589. The average molecular weight is 893 g/mol. The summed E-state index contributed by atoms with van der Waals surface area (Å²) in [4.78, 5) is 11.5. The third-order valence-electron chi connectivity index (χ3n) is 14.4. The lowest BCUT2D eigenvalue weighted by Crippen LogP contribution is -2.09. The normalized spacial score (nSPS) is 12.0. The molecule has 0 atom stereocenters. The highest BCUT2D eigenvalue weighted by atomic mass is 15.2. The van der Waals surface area contributed by atoms with Gasteiger partial charge in [-0.3, -0.25) is 9.13 Å². The molecule has 70 heavy (non-hydrogen) atoms. The third-order valence-corrected chi connectivity index (χ3v) is 14.4. The number of benzene rings is 10. The lowest BCUT2D eigenvalue weighted by atomic mass is 9.93. The van der Waals surface area contributed by atoms with Gasteiger partial charge < -0.3 is 9.13 Å². The summed E-state index contributed by atoms with van der Waals surface area (Å²) in [6.45, 7) is 0. The van der Waals surface area contributed by atoms with Gasteiger partial charge in [0.25, 0.3) is 0 Å². The number of aromatic nitrogens is 6. The lowest BCUT2D eigenvalue weighted by Gasteiger charge is -2.21. The zero-order valence-electron chi connectivity index (χ0n) is 37.8. The van der Waals surface area contributed by atoms with Crippen LogP contribution in [-0.4, -0.2) is 28.2 Å². The molecule has 0 saturated heterocycles. The third kappa shape index (κ3) is 5.50. The molecule has 15 aromatic rings. The van der Waals surface area contributed by atoms with Crippen LogP contribution >= 0.6 is 0 Å². The van der Waals surface area contributed by atoms with Gasteiger partial charge in [0.05, 0.1) is 55.5 Å². The first-order chi connectivity index (χ1) is 34.8. The number of para-hydroxylation sites is 9. The van der Waals surface area contributed by atoms with Gasteiger partial charge in [0, 0.05) is 66.0 Å². The van der Waals surface area contributed by atoms with E-state index in [-0.39, 0.29) is 0 Å². The number of rotatable bonds is 6. The summed E-state index contributed by atoms with van der Waals surface area (Å²) in [6.07, 6.45) is 0. The fourth-order valence-electron chi connectivity index (χ4n) is 11.6. The molecule has 0 N–H and O–H groups in total. The van der Waals surface area contributed by atoms with Crippen LogP contribution < -0.4 is 0 Å². The Morgan fingerprint density at radius 1 is 0.271 bits per heavy atom. The van der Waals surface area contributed by atoms with Crippen molar-refractivity contribution in [1.29, 1.82) is 0 Å². The minimum Gasteiger partial charge on any atom is -0.309 e. The zero-order chi connectivity index (χ0) is 45.9. The van der Waals surface area contributed by atoms with Gasteiger partial charge in [-0.25, -0.2) is 4.98 Å². The molecule has 10 aromatic carbocycles. The van der Waals surface area contributed by atoms with Crippen molar-refractivity contribution in [3.05, 3.63) is 243 Å². The van der Waals surface area contributed by atoms with E-state index in [4.69, 9.17) is 9.97 Å². The Balaban J connectivity index is 1.14. The van der Waals surface area contributed by atoms with Gasteiger partial charge in [-0.15, -0.1) is 0 Å². The SMILES string of the molecule is c1ccc(-n2c3ccccc3c3cccc(-c4cccc(-n5c6ccccc6c6ccccc65)c4-c4cc(-n5c6ccccc6c6ccccc65)nc(-n5c6ccccc6c6ccccc65)n4)c32)cc1. The van der Waals surface area contributed by atoms with E-state index >= 15 is 0 Å². The van der Waals surface area contributed by atoms with Crippen molar-refractivity contribution >= 4 is 87.2 Å². The van der Waals surface area contributed by atoms with E-state index < -0.39 is 0 Å². The minimum atomic E-state index is 0.589. The number of hydrogen-bond donors (Lipinski definition) is 0. The molecule has 15 rings (SSSR count). The summed E-state index contributed by atoms with van der Waals surface area (Å²) < 4.78 is 9.45. The predicted octanol–water partition coefficient (Wildman–Crippen LogP) is 16.2. The summed E-state index contributed by atoms with van der Waals surface area (Å²) in [6, 6.07) is 87.4. The van der Waals surface area contributed by atoms with Gasteiger partial charge in [0.2, 0.25) is 5.95 Å². The topological polar surface area (TPSA) is 45.5 Å². The van der Waals surface area contributed by atoms with E-state index in [1.807, 2.05) is 0 Å². The molecule has 0 aliphatic heterocycles. The molecule has 0 aliphatic carbocycles. The van der Waals surface area contributed by atoms with Crippen molar-refractivity contribution in [3.63, 3.8) is 0 Å². The number of nitrogens with zero attached hydrogens (tertiary/aromatic N) is 6. The largest absolute Gasteiger partial charge is 0.309 e. The monoisotopic (exact) mass is 892 g/mol. The molecule has 6 heteroatoms. The second kappa shape index (κ2) is 15.0. The molecule has 0 saturated carbocycles. The van der Waals surface area contributed by atoms with Crippen molar-refractivity contribution < 1.29 is 0 Å². The Hall–Kier alpha value is -9.52. The highest BCUT2D eigenvalue weighted by Crippen LogP contribution is 2.46. The molecule has 0 aliphatic rings. The van der Waals surface area contributed by atoms with E-state index in [2.05, 4.69) is 261 Å². The fraction of sp³-hybridized carbons (Fsp3) is 0. The Morgan fingerprint density at radius 2 is 0.657 bits per heavy atom. The van der Waals surface area contributed by atoms with Crippen LogP contribution in [-0.2, 0) is 0 Å². The van der Waals surface area contributed by atoms with Crippen LogP contribution in [0, 0.1) is 0 Å². The van der Waals surface area contributed by atoms with Crippen molar-refractivity contribution in [3.8, 4) is 45.5 Å². The van der Waals surface area contributed by atoms with Gasteiger partial charge in [-0.1, -0.05) is 176 Å². The van der Waals surface area contributed by atoms with Crippen molar-refractivity contribution in [1.82, 2.24) is 28.2 Å². The molecule has 0 fully saturated rings. The second-order valence-corrected chi connectivity index (χ2v) is 18.1. The molecule has 6 nitrogen and oxygen atoms in total. The van der Waals surface area contributed by atoms with Gasteiger partial charge >= 0.3 is 0 Å². The van der Waals surface area contributed by atoms with Crippen LogP contribution in [0.15, 0.2) is 243 Å². The smallest absolute Gasteiger partial charge is 0.237 e. The van der Waals surface area contributed by atoms with E-state index in [0.717, 1.165) is 94.5 Å². The molecule has 5 aromatic heterocycles. The van der Waals surface area contributed by atoms with Crippen LogP contribution in [0.25, 0.3) is 133 Å². The summed E-state index contributed by atoms with van der Waals surface area (Å²) in [5, 5.41) is 9.42. The maximum Gasteiger partial charge on any atom is 0.237 e. The molecular weight excluding hydrogens is 853 g/mol. The Bertz CT molecular complexity index is 4310. The maximum absolute atomic E-state index is 5.86. The molecule has 0 bridgehead atoms. The predicted molar refractivity (Wildman–Crippen MR) is 290 cm³/mol. The fourth-order valence-corrected chi connectivity index (χ4v) is 11.6. The quantitative estimate of drug-likeness (QED) is 0.167. The van der Waals surface area contributed by atoms with Crippen molar-refractivity contribution in [2.75, 3.05) is 0 Å². The summed E-state index contributed by atoms with van der Waals surface area (Å²) >= 11 is 0. The van der Waals surface area contributed by atoms with Crippen molar-refractivity contribution in [2.45, 2.75) is 0 Å². The highest BCUT2D eigenvalue weighted by molar-refractivity contribution is 6.16. The van der Waals surface area contributed by atoms with E-state index in [0.29, 0.717) is 5.95 Å². The van der Waals surface area contributed by atoms with Crippen LogP contribution in [0.3, 0.4) is 0 Å². The molecule has 0 radical (unpaired) electrons. The first-order valence-corrected chi connectivity index (χ1v) is 23.8. The summed E-state index contributed by atoms with van der Waals surface area (Å²) in [5.74, 6) is 1.37. The molecule has 0 spiro atoms. The second-order valence-electron chi connectivity index (χ2n) is 18.1. The van der Waals surface area contributed by atoms with Gasteiger partial charge in [-0.05, 0) is 66.2 Å². The summed E-state index contributed by atoms with van der Waals surface area (Å²) in [5.41, 5.74) is 14.9. The first kappa shape index (κ1) is 38.6.